The van der Waals surface area contributed by atoms with E-state index in [0.717, 1.165) is 12.1 Å². The normalized spacial score (nSPS) is 20.1. The lowest BCUT2D eigenvalue weighted by Crippen LogP contribution is -2.46. The number of nitrogens with zero attached hydrogens (tertiary/aromatic N) is 1. The quantitative estimate of drug-likeness (QED) is 0.855. The number of hydrogen-bond acceptors (Lipinski definition) is 3. The molecule has 8 heteroatoms. The van der Waals surface area contributed by atoms with Gasteiger partial charge in [-0.2, -0.15) is 13.2 Å². The molecule has 1 N–H and O–H groups in total. The predicted octanol–water partition coefficient (Wildman–Crippen LogP) is 3.91. The maximum absolute atomic E-state index is 13.0. The van der Waals surface area contributed by atoms with Crippen LogP contribution in [0.5, 0.6) is 0 Å². The Morgan fingerprint density at radius 1 is 1.21 bits per heavy atom. The second-order valence-corrected chi connectivity index (χ2v) is 6.88. The van der Waals surface area contributed by atoms with E-state index >= 15 is 0 Å². The zero-order valence-corrected chi connectivity index (χ0v) is 15.3. The molecule has 28 heavy (non-hydrogen) atoms. The number of nitrogens with one attached hydrogen (secondary N) is 1. The minimum Gasteiger partial charge on any atom is -0.467 e. The van der Waals surface area contributed by atoms with Crippen LogP contribution in [0.2, 0.25) is 0 Å². The van der Waals surface area contributed by atoms with Gasteiger partial charge in [0.2, 0.25) is 11.8 Å². The number of alkyl halides is 3. The van der Waals surface area contributed by atoms with Gasteiger partial charge in [0.1, 0.15) is 5.76 Å². The van der Waals surface area contributed by atoms with Gasteiger partial charge in [-0.1, -0.05) is 12.1 Å². The van der Waals surface area contributed by atoms with Crippen LogP contribution in [0.15, 0.2) is 47.1 Å². The second kappa shape index (κ2) is 8.08. The molecule has 1 aromatic heterocycles. The van der Waals surface area contributed by atoms with Gasteiger partial charge in [-0.05, 0) is 42.7 Å². The molecule has 0 aliphatic carbocycles. The van der Waals surface area contributed by atoms with Crippen LogP contribution in [0.4, 0.5) is 13.2 Å². The van der Waals surface area contributed by atoms with E-state index in [0.29, 0.717) is 24.2 Å². The number of benzene rings is 1. The maximum Gasteiger partial charge on any atom is 0.416 e. The van der Waals surface area contributed by atoms with E-state index < -0.39 is 23.7 Å². The monoisotopic (exact) mass is 394 g/mol. The predicted molar refractivity (Wildman–Crippen MR) is 94.9 cm³/mol. The summed E-state index contributed by atoms with van der Waals surface area (Å²) in [5.41, 5.74) is -0.314. The molecule has 3 rings (SSSR count). The Labute approximate surface area is 160 Å². The first-order chi connectivity index (χ1) is 13.3. The molecule has 150 valence electrons. The van der Waals surface area contributed by atoms with Crippen molar-refractivity contribution in [3.05, 3.63) is 59.5 Å². The Balaban J connectivity index is 1.71. The fourth-order valence-electron chi connectivity index (χ4n) is 3.53. The van der Waals surface area contributed by atoms with Gasteiger partial charge in [-0.25, -0.2) is 0 Å². The number of carbonyl (C=O) groups excluding carboxylic acids is 2. The third kappa shape index (κ3) is 4.55. The van der Waals surface area contributed by atoms with E-state index in [1.165, 1.54) is 24.2 Å². The van der Waals surface area contributed by atoms with Gasteiger partial charge >= 0.3 is 6.18 Å². The van der Waals surface area contributed by atoms with E-state index in [-0.39, 0.29) is 24.9 Å². The average molecular weight is 394 g/mol. The van der Waals surface area contributed by atoms with Crippen molar-refractivity contribution in [3.8, 4) is 0 Å². The number of likely N-dealkylation sites (tertiary alicyclic amines) is 1. The van der Waals surface area contributed by atoms with Gasteiger partial charge in [0.15, 0.2) is 0 Å². The highest BCUT2D eigenvalue weighted by atomic mass is 19.4. The number of rotatable bonds is 4. The van der Waals surface area contributed by atoms with Crippen molar-refractivity contribution in [1.29, 1.82) is 0 Å². The first-order valence-corrected chi connectivity index (χ1v) is 9.00. The smallest absolute Gasteiger partial charge is 0.416 e. The van der Waals surface area contributed by atoms with Crippen LogP contribution in [0.1, 0.15) is 42.7 Å². The third-order valence-corrected chi connectivity index (χ3v) is 4.97. The molecule has 0 bridgehead atoms. The van der Waals surface area contributed by atoms with Crippen LogP contribution in [-0.4, -0.2) is 23.3 Å². The Bertz CT molecular complexity index is 833. The fraction of sp³-hybridized carbons (Fsp3) is 0.400. The van der Waals surface area contributed by atoms with Crippen molar-refractivity contribution in [2.45, 2.75) is 38.5 Å². The summed E-state index contributed by atoms with van der Waals surface area (Å²) in [5.74, 6) is -0.272. The molecule has 2 aromatic rings. The molecular weight excluding hydrogens is 373 g/mol. The van der Waals surface area contributed by atoms with E-state index in [1.54, 1.807) is 18.2 Å². The SMILES string of the molecule is CC(=O)N1C[C@@H](C(=O)NCc2ccco2)CC[C@@H]1c1cccc(C(F)(F)F)c1. The van der Waals surface area contributed by atoms with Crippen LogP contribution in [0.3, 0.4) is 0 Å². The minimum absolute atomic E-state index is 0.167. The number of amides is 2. The van der Waals surface area contributed by atoms with E-state index in [1.807, 2.05) is 0 Å². The molecule has 1 aliphatic rings. The van der Waals surface area contributed by atoms with Gasteiger partial charge < -0.3 is 14.6 Å². The van der Waals surface area contributed by atoms with Gasteiger partial charge in [-0.3, -0.25) is 9.59 Å². The van der Waals surface area contributed by atoms with Gasteiger partial charge in [-0.15, -0.1) is 0 Å². The highest BCUT2D eigenvalue weighted by Gasteiger charge is 2.36. The summed E-state index contributed by atoms with van der Waals surface area (Å²) in [6.45, 7) is 1.78. The molecule has 1 aromatic carbocycles. The van der Waals surface area contributed by atoms with Crippen LogP contribution >= 0.6 is 0 Å². The second-order valence-electron chi connectivity index (χ2n) is 6.88. The molecule has 2 atom stereocenters. The van der Waals surface area contributed by atoms with Crippen molar-refractivity contribution in [1.82, 2.24) is 10.2 Å². The van der Waals surface area contributed by atoms with E-state index in [9.17, 15) is 22.8 Å². The Hall–Kier alpha value is -2.77. The number of piperidine rings is 1. The van der Waals surface area contributed by atoms with E-state index in [4.69, 9.17) is 4.42 Å². The van der Waals surface area contributed by atoms with E-state index in [2.05, 4.69) is 5.32 Å². The molecule has 1 saturated heterocycles. The molecule has 2 amide bonds. The zero-order chi connectivity index (χ0) is 20.3. The highest BCUT2D eigenvalue weighted by Crippen LogP contribution is 2.36. The largest absolute Gasteiger partial charge is 0.467 e. The van der Waals surface area contributed by atoms with Crippen molar-refractivity contribution in [3.63, 3.8) is 0 Å². The third-order valence-electron chi connectivity index (χ3n) is 4.97. The molecule has 0 unspecified atom stereocenters. The summed E-state index contributed by atoms with van der Waals surface area (Å²) < 4.78 is 44.2. The summed E-state index contributed by atoms with van der Waals surface area (Å²) in [6.07, 6.45) is -2.03. The number of halogens is 3. The lowest BCUT2D eigenvalue weighted by Gasteiger charge is -2.39. The number of hydrogen-bond donors (Lipinski definition) is 1. The summed E-state index contributed by atoms with van der Waals surface area (Å²) in [6, 6.07) is 8.01. The van der Waals surface area contributed by atoms with Gasteiger partial charge in [0.25, 0.3) is 0 Å². The van der Waals surface area contributed by atoms with Crippen molar-refractivity contribution in [2.75, 3.05) is 6.54 Å². The number of furan rings is 1. The summed E-state index contributed by atoms with van der Waals surface area (Å²) in [5, 5.41) is 2.78. The molecule has 1 aliphatic heterocycles. The highest BCUT2D eigenvalue weighted by molar-refractivity contribution is 5.80. The molecule has 0 saturated carbocycles. The Morgan fingerprint density at radius 2 is 2.00 bits per heavy atom. The van der Waals surface area contributed by atoms with Crippen LogP contribution in [0, 0.1) is 5.92 Å². The van der Waals surface area contributed by atoms with Crippen LogP contribution in [-0.2, 0) is 22.3 Å². The first-order valence-electron chi connectivity index (χ1n) is 9.00. The zero-order valence-electron chi connectivity index (χ0n) is 15.3. The summed E-state index contributed by atoms with van der Waals surface area (Å²) >= 11 is 0. The first kappa shape index (κ1) is 20.0. The van der Waals surface area contributed by atoms with Crippen molar-refractivity contribution in [2.24, 2.45) is 5.92 Å². The van der Waals surface area contributed by atoms with Crippen LogP contribution in [0.25, 0.3) is 0 Å². The van der Waals surface area contributed by atoms with Gasteiger partial charge in [0, 0.05) is 13.5 Å². The standard InChI is InChI=1S/C20H21F3N2O3/c1-13(26)25-12-15(19(27)24-11-17-6-3-9-28-17)7-8-18(25)14-4-2-5-16(10-14)20(21,22)23/h2-6,9-10,15,18H,7-8,11-12H2,1H3,(H,24,27)/t15-,18+/m0/s1. The Kier molecular flexibility index (Phi) is 5.76. The molecule has 0 radical (unpaired) electrons. The van der Waals surface area contributed by atoms with Crippen LogP contribution < -0.4 is 5.32 Å². The minimum atomic E-state index is -4.44. The Morgan fingerprint density at radius 3 is 2.64 bits per heavy atom. The molecule has 1 fully saturated rings. The topological polar surface area (TPSA) is 62.6 Å². The molecule has 5 nitrogen and oxygen atoms in total. The van der Waals surface area contributed by atoms with Gasteiger partial charge in [0.05, 0.1) is 30.3 Å². The summed E-state index contributed by atoms with van der Waals surface area (Å²) in [7, 11) is 0. The maximum atomic E-state index is 13.0. The lowest BCUT2D eigenvalue weighted by atomic mass is 9.87. The fourth-order valence-corrected chi connectivity index (χ4v) is 3.53. The molecule has 0 spiro atoms. The average Bonchev–Trinajstić information content (AvgIpc) is 3.18. The van der Waals surface area contributed by atoms with Crippen molar-refractivity contribution < 1.29 is 27.2 Å². The van der Waals surface area contributed by atoms with Crippen molar-refractivity contribution >= 4 is 11.8 Å². The lowest BCUT2D eigenvalue weighted by molar-refractivity contribution is -0.137. The molecular formula is C20H21F3N2O3. The number of carbonyl (C=O) groups is 2. The molecule has 2 heterocycles. The summed E-state index contributed by atoms with van der Waals surface area (Å²) in [4.78, 5) is 26.1.